The molecule has 0 bridgehead atoms. The molecule has 1 aliphatic heterocycles. The second kappa shape index (κ2) is 8.63. The third kappa shape index (κ3) is 3.87. The number of aromatic nitrogens is 2. The van der Waals surface area contributed by atoms with E-state index >= 15 is 0 Å². The lowest BCUT2D eigenvalue weighted by atomic mass is 10.0. The Morgan fingerprint density at radius 3 is 2.55 bits per heavy atom. The van der Waals surface area contributed by atoms with Crippen LogP contribution >= 0.6 is 11.3 Å². The minimum Gasteiger partial charge on any atom is -0.395 e. The number of nitrogens with one attached hydrogen (secondary N) is 1. The van der Waals surface area contributed by atoms with E-state index in [2.05, 4.69) is 34.5 Å². The average Bonchev–Trinajstić information content (AvgIpc) is 3.17. The van der Waals surface area contributed by atoms with Gasteiger partial charge in [-0.25, -0.2) is 9.55 Å². The van der Waals surface area contributed by atoms with Crippen molar-refractivity contribution in [1.82, 2.24) is 14.5 Å². The van der Waals surface area contributed by atoms with Crippen molar-refractivity contribution in [3.05, 3.63) is 87.0 Å². The SMILES string of the molecule is O=c1c2c3c(sc2nc(NCCO)n1-c1ccccc1)CN(Cc1ccccc1)CC3. The highest BCUT2D eigenvalue weighted by atomic mass is 32.1. The highest BCUT2D eigenvalue weighted by molar-refractivity contribution is 7.18. The summed E-state index contributed by atoms with van der Waals surface area (Å²) in [6.45, 7) is 2.96. The first-order chi connectivity index (χ1) is 15.2. The van der Waals surface area contributed by atoms with E-state index in [0.29, 0.717) is 12.5 Å². The monoisotopic (exact) mass is 432 g/mol. The Hall–Kier alpha value is -3.00. The maximum absolute atomic E-state index is 13.6. The zero-order valence-corrected chi connectivity index (χ0v) is 17.9. The van der Waals surface area contributed by atoms with Crippen molar-refractivity contribution in [2.24, 2.45) is 0 Å². The summed E-state index contributed by atoms with van der Waals surface area (Å²) in [6.07, 6.45) is 0.845. The van der Waals surface area contributed by atoms with Gasteiger partial charge in [0.2, 0.25) is 5.95 Å². The third-order valence-electron chi connectivity index (χ3n) is 5.61. The molecule has 0 saturated heterocycles. The van der Waals surface area contributed by atoms with Crippen molar-refractivity contribution >= 4 is 27.5 Å². The van der Waals surface area contributed by atoms with Gasteiger partial charge >= 0.3 is 0 Å². The summed E-state index contributed by atoms with van der Waals surface area (Å²) >= 11 is 1.61. The predicted octanol–water partition coefficient (Wildman–Crippen LogP) is 3.41. The summed E-state index contributed by atoms with van der Waals surface area (Å²) in [5, 5.41) is 13.1. The fraction of sp³-hybridized carbons (Fsp3) is 0.250. The molecule has 6 nitrogen and oxygen atoms in total. The van der Waals surface area contributed by atoms with Gasteiger partial charge in [-0.2, -0.15) is 0 Å². The smallest absolute Gasteiger partial charge is 0.268 e. The maximum atomic E-state index is 13.6. The van der Waals surface area contributed by atoms with Gasteiger partial charge < -0.3 is 10.4 Å². The van der Waals surface area contributed by atoms with E-state index < -0.39 is 0 Å². The van der Waals surface area contributed by atoms with E-state index in [4.69, 9.17) is 4.98 Å². The Morgan fingerprint density at radius 2 is 1.81 bits per heavy atom. The second-order valence-corrected chi connectivity index (χ2v) is 8.78. The van der Waals surface area contributed by atoms with E-state index in [1.54, 1.807) is 15.9 Å². The Balaban J connectivity index is 1.56. The number of hydrogen-bond donors (Lipinski definition) is 2. The van der Waals surface area contributed by atoms with Crippen LogP contribution in [0.15, 0.2) is 65.5 Å². The summed E-state index contributed by atoms with van der Waals surface area (Å²) in [5.41, 5.74) is 3.15. The summed E-state index contributed by atoms with van der Waals surface area (Å²) in [5.74, 6) is 0.470. The van der Waals surface area contributed by atoms with Gasteiger partial charge in [-0.05, 0) is 29.7 Å². The molecule has 7 heteroatoms. The molecule has 158 valence electrons. The van der Waals surface area contributed by atoms with Crippen molar-refractivity contribution in [1.29, 1.82) is 0 Å². The van der Waals surface area contributed by atoms with Gasteiger partial charge in [0, 0.05) is 31.1 Å². The standard InChI is InChI=1S/C24H24N4O2S/c29-14-12-25-24-26-22-21(23(30)28(24)18-9-5-2-6-10-18)19-11-13-27(16-20(19)31-22)15-17-7-3-1-4-8-17/h1-10,29H,11-16H2,(H,25,26). The summed E-state index contributed by atoms with van der Waals surface area (Å²) in [6, 6.07) is 20.0. The second-order valence-electron chi connectivity index (χ2n) is 7.69. The first-order valence-corrected chi connectivity index (χ1v) is 11.3. The van der Waals surface area contributed by atoms with Crippen molar-refractivity contribution in [2.75, 3.05) is 25.0 Å². The summed E-state index contributed by atoms with van der Waals surface area (Å²) in [7, 11) is 0. The first-order valence-electron chi connectivity index (χ1n) is 10.5. The van der Waals surface area contributed by atoms with Crippen LogP contribution in [0.5, 0.6) is 0 Å². The van der Waals surface area contributed by atoms with Gasteiger partial charge in [-0.3, -0.25) is 9.69 Å². The van der Waals surface area contributed by atoms with Crippen LogP contribution in [0.3, 0.4) is 0 Å². The minimum absolute atomic E-state index is 0.0297. The lowest BCUT2D eigenvalue weighted by molar-refractivity contribution is 0.249. The molecular weight excluding hydrogens is 408 g/mol. The number of hydrogen-bond acceptors (Lipinski definition) is 6. The van der Waals surface area contributed by atoms with Crippen LogP contribution in [0.25, 0.3) is 15.9 Å². The van der Waals surface area contributed by atoms with Gasteiger partial charge in [0.1, 0.15) is 4.83 Å². The fourth-order valence-electron chi connectivity index (χ4n) is 4.17. The molecule has 0 radical (unpaired) electrons. The Morgan fingerprint density at radius 1 is 1.06 bits per heavy atom. The number of benzene rings is 2. The van der Waals surface area contributed by atoms with Crippen LogP contribution in [0, 0.1) is 0 Å². The molecule has 0 spiro atoms. The molecule has 2 aromatic heterocycles. The first kappa shape index (κ1) is 19.9. The predicted molar refractivity (Wildman–Crippen MR) is 125 cm³/mol. The maximum Gasteiger partial charge on any atom is 0.268 e. The van der Waals surface area contributed by atoms with Crippen LogP contribution in [-0.2, 0) is 19.5 Å². The Bertz CT molecular complexity index is 1250. The van der Waals surface area contributed by atoms with Crippen molar-refractivity contribution in [3.63, 3.8) is 0 Å². The van der Waals surface area contributed by atoms with Crippen molar-refractivity contribution in [2.45, 2.75) is 19.5 Å². The molecule has 0 unspecified atom stereocenters. The molecule has 5 rings (SSSR count). The van der Waals surface area contributed by atoms with Crippen LogP contribution in [0.2, 0.25) is 0 Å². The molecule has 2 aromatic carbocycles. The molecule has 3 heterocycles. The van der Waals surface area contributed by atoms with Crippen LogP contribution in [0.4, 0.5) is 5.95 Å². The van der Waals surface area contributed by atoms with E-state index in [1.165, 1.54) is 10.4 Å². The summed E-state index contributed by atoms with van der Waals surface area (Å²) in [4.78, 5) is 22.9. The molecule has 4 aromatic rings. The largest absolute Gasteiger partial charge is 0.395 e. The number of nitrogens with zero attached hydrogens (tertiary/aromatic N) is 3. The lowest BCUT2D eigenvalue weighted by Crippen LogP contribution is -2.30. The molecule has 0 amide bonds. The van der Waals surface area contributed by atoms with Gasteiger partial charge in [0.05, 0.1) is 17.7 Å². The summed E-state index contributed by atoms with van der Waals surface area (Å²) < 4.78 is 1.63. The van der Waals surface area contributed by atoms with E-state index in [9.17, 15) is 9.90 Å². The highest BCUT2D eigenvalue weighted by Gasteiger charge is 2.25. The minimum atomic E-state index is -0.0503. The van der Waals surface area contributed by atoms with Crippen molar-refractivity contribution in [3.8, 4) is 5.69 Å². The molecule has 31 heavy (non-hydrogen) atoms. The lowest BCUT2D eigenvalue weighted by Gasteiger charge is -2.26. The zero-order chi connectivity index (χ0) is 21.2. The van der Waals surface area contributed by atoms with E-state index in [1.807, 2.05) is 36.4 Å². The van der Waals surface area contributed by atoms with Crippen LogP contribution in [-0.4, -0.2) is 39.3 Å². The number of aliphatic hydroxyl groups excluding tert-OH is 1. The molecule has 0 saturated carbocycles. The molecule has 0 fully saturated rings. The molecule has 2 N–H and O–H groups in total. The molecule has 0 atom stereocenters. The number of thiophene rings is 1. The van der Waals surface area contributed by atoms with Gasteiger partial charge in [-0.1, -0.05) is 48.5 Å². The quantitative estimate of drug-likeness (QED) is 0.489. The number of aliphatic hydroxyl groups is 1. The van der Waals surface area contributed by atoms with E-state index in [-0.39, 0.29) is 12.2 Å². The van der Waals surface area contributed by atoms with E-state index in [0.717, 1.165) is 47.5 Å². The number of fused-ring (bicyclic) bond motifs is 3. The van der Waals surface area contributed by atoms with Gasteiger partial charge in [0.25, 0.3) is 5.56 Å². The molecular formula is C24H24N4O2S. The van der Waals surface area contributed by atoms with Crippen LogP contribution < -0.4 is 10.9 Å². The topological polar surface area (TPSA) is 70.4 Å². The molecule has 0 aliphatic carbocycles. The average molecular weight is 433 g/mol. The fourth-order valence-corrected chi connectivity index (χ4v) is 5.43. The third-order valence-corrected chi connectivity index (χ3v) is 6.72. The van der Waals surface area contributed by atoms with Crippen LogP contribution in [0.1, 0.15) is 16.0 Å². The number of rotatable bonds is 6. The number of anilines is 1. The highest BCUT2D eigenvalue weighted by Crippen LogP contribution is 2.34. The Labute approximate surface area is 184 Å². The molecule has 1 aliphatic rings. The van der Waals surface area contributed by atoms with Gasteiger partial charge in [0.15, 0.2) is 0 Å². The normalized spacial score (nSPS) is 14.0. The Kier molecular flexibility index (Phi) is 5.55. The number of para-hydroxylation sites is 1. The zero-order valence-electron chi connectivity index (χ0n) is 17.1. The van der Waals surface area contributed by atoms with Crippen molar-refractivity contribution < 1.29 is 5.11 Å². The van der Waals surface area contributed by atoms with Gasteiger partial charge in [-0.15, -0.1) is 11.3 Å².